The van der Waals surface area contributed by atoms with E-state index < -0.39 is 0 Å². The maximum atomic E-state index is 13.7. The number of ether oxygens (including phenoxy) is 2. The van der Waals surface area contributed by atoms with Gasteiger partial charge in [0.25, 0.3) is 0 Å². The van der Waals surface area contributed by atoms with Gasteiger partial charge < -0.3 is 14.8 Å². The van der Waals surface area contributed by atoms with E-state index >= 15 is 0 Å². The van der Waals surface area contributed by atoms with Gasteiger partial charge in [-0.05, 0) is 12.1 Å². The fourth-order valence-electron chi connectivity index (χ4n) is 2.10. The number of rotatable bonds is 8. The standard InChI is InChI=1S/C18H20FNO2/c1-3-11-20-12-14-8-6-10-17(21-2)18(14)22-13-15-7-4-5-9-16(15)19/h3-10,20H,1,11-13H2,2H3. The molecule has 0 saturated heterocycles. The Hall–Kier alpha value is -2.33. The number of halogens is 1. The minimum absolute atomic E-state index is 0.154. The maximum absolute atomic E-state index is 13.7. The lowest BCUT2D eigenvalue weighted by atomic mass is 10.1. The van der Waals surface area contributed by atoms with Crippen LogP contribution in [0.25, 0.3) is 0 Å². The lowest BCUT2D eigenvalue weighted by Gasteiger charge is -2.15. The summed E-state index contributed by atoms with van der Waals surface area (Å²) >= 11 is 0. The van der Waals surface area contributed by atoms with Gasteiger partial charge >= 0.3 is 0 Å². The molecule has 0 unspecified atom stereocenters. The van der Waals surface area contributed by atoms with Crippen LogP contribution in [0.1, 0.15) is 11.1 Å². The van der Waals surface area contributed by atoms with Crippen LogP contribution in [0.5, 0.6) is 11.5 Å². The molecule has 0 radical (unpaired) electrons. The summed E-state index contributed by atoms with van der Waals surface area (Å²) in [5, 5.41) is 3.22. The molecule has 4 heteroatoms. The SMILES string of the molecule is C=CCNCc1cccc(OC)c1OCc1ccccc1F. The first-order valence-electron chi connectivity index (χ1n) is 7.10. The molecular weight excluding hydrogens is 281 g/mol. The molecule has 0 fully saturated rings. The van der Waals surface area contributed by atoms with Crippen molar-refractivity contribution >= 4 is 0 Å². The van der Waals surface area contributed by atoms with Crippen LogP contribution in [0.15, 0.2) is 55.1 Å². The average Bonchev–Trinajstić information content (AvgIpc) is 2.55. The molecule has 2 aromatic carbocycles. The highest BCUT2D eigenvalue weighted by Crippen LogP contribution is 2.32. The minimum atomic E-state index is -0.274. The van der Waals surface area contributed by atoms with Crippen molar-refractivity contribution in [2.24, 2.45) is 0 Å². The van der Waals surface area contributed by atoms with E-state index in [1.807, 2.05) is 18.2 Å². The molecule has 3 nitrogen and oxygen atoms in total. The molecule has 0 aliphatic carbocycles. The molecule has 0 amide bonds. The summed E-state index contributed by atoms with van der Waals surface area (Å²) in [6.45, 7) is 5.15. The first kappa shape index (κ1) is 16.0. The van der Waals surface area contributed by atoms with Crippen molar-refractivity contribution in [2.45, 2.75) is 13.2 Å². The second kappa shape index (κ2) is 8.20. The van der Waals surface area contributed by atoms with Crippen molar-refractivity contribution < 1.29 is 13.9 Å². The van der Waals surface area contributed by atoms with Gasteiger partial charge in [0.05, 0.1) is 7.11 Å². The smallest absolute Gasteiger partial charge is 0.166 e. The number of hydrogen-bond donors (Lipinski definition) is 1. The van der Waals surface area contributed by atoms with Crippen LogP contribution in [0.2, 0.25) is 0 Å². The van der Waals surface area contributed by atoms with Crippen LogP contribution in [-0.2, 0) is 13.2 Å². The van der Waals surface area contributed by atoms with Crippen molar-refractivity contribution in [1.29, 1.82) is 0 Å². The van der Waals surface area contributed by atoms with Gasteiger partial charge in [-0.25, -0.2) is 4.39 Å². The summed E-state index contributed by atoms with van der Waals surface area (Å²) in [4.78, 5) is 0. The first-order valence-corrected chi connectivity index (χ1v) is 7.10. The van der Waals surface area contributed by atoms with Crippen LogP contribution >= 0.6 is 0 Å². The summed E-state index contributed by atoms with van der Waals surface area (Å²) in [6, 6.07) is 12.3. The summed E-state index contributed by atoms with van der Waals surface area (Å²) in [6.07, 6.45) is 1.79. The van der Waals surface area contributed by atoms with Gasteiger partial charge in [0.1, 0.15) is 12.4 Å². The maximum Gasteiger partial charge on any atom is 0.166 e. The van der Waals surface area contributed by atoms with Crippen LogP contribution in [0.4, 0.5) is 4.39 Å². The molecule has 0 saturated carbocycles. The third kappa shape index (κ3) is 4.09. The third-order valence-corrected chi connectivity index (χ3v) is 3.21. The molecule has 0 aliphatic rings. The molecule has 0 bridgehead atoms. The monoisotopic (exact) mass is 301 g/mol. The molecule has 116 valence electrons. The van der Waals surface area contributed by atoms with E-state index in [2.05, 4.69) is 11.9 Å². The molecule has 2 aromatic rings. The molecular formula is C18H20FNO2. The largest absolute Gasteiger partial charge is 0.493 e. The number of benzene rings is 2. The molecule has 0 spiro atoms. The van der Waals surface area contributed by atoms with E-state index in [9.17, 15) is 4.39 Å². The van der Waals surface area contributed by atoms with E-state index in [1.165, 1.54) is 6.07 Å². The lowest BCUT2D eigenvalue weighted by molar-refractivity contribution is 0.276. The number of methoxy groups -OCH3 is 1. The Bertz CT molecular complexity index is 628. The van der Waals surface area contributed by atoms with Crippen molar-refractivity contribution in [1.82, 2.24) is 5.32 Å². The van der Waals surface area contributed by atoms with E-state index in [4.69, 9.17) is 9.47 Å². The van der Waals surface area contributed by atoms with Crippen molar-refractivity contribution in [3.8, 4) is 11.5 Å². The molecule has 0 atom stereocenters. The van der Waals surface area contributed by atoms with Gasteiger partial charge in [0.15, 0.2) is 11.5 Å². The van der Waals surface area contributed by atoms with Gasteiger partial charge in [0.2, 0.25) is 0 Å². The van der Waals surface area contributed by atoms with Crippen LogP contribution < -0.4 is 14.8 Å². The Labute approximate surface area is 130 Å². The number of hydrogen-bond acceptors (Lipinski definition) is 3. The minimum Gasteiger partial charge on any atom is -0.493 e. The lowest BCUT2D eigenvalue weighted by Crippen LogP contribution is -2.14. The van der Waals surface area contributed by atoms with E-state index in [-0.39, 0.29) is 12.4 Å². The molecule has 0 aliphatic heterocycles. The second-order valence-electron chi connectivity index (χ2n) is 4.75. The molecule has 2 rings (SSSR count). The normalized spacial score (nSPS) is 10.3. The fourth-order valence-corrected chi connectivity index (χ4v) is 2.10. The van der Waals surface area contributed by atoms with Crippen molar-refractivity contribution in [3.63, 3.8) is 0 Å². The zero-order chi connectivity index (χ0) is 15.8. The van der Waals surface area contributed by atoms with Crippen LogP contribution in [0, 0.1) is 5.82 Å². The Morgan fingerprint density at radius 3 is 2.64 bits per heavy atom. The molecule has 1 N–H and O–H groups in total. The number of nitrogens with one attached hydrogen (secondary N) is 1. The van der Waals surface area contributed by atoms with Gasteiger partial charge in [0, 0.05) is 24.2 Å². The third-order valence-electron chi connectivity index (χ3n) is 3.21. The highest BCUT2D eigenvalue weighted by atomic mass is 19.1. The van der Waals surface area contributed by atoms with Crippen molar-refractivity contribution in [2.75, 3.05) is 13.7 Å². The van der Waals surface area contributed by atoms with E-state index in [0.29, 0.717) is 30.2 Å². The fraction of sp³-hybridized carbons (Fsp3) is 0.222. The topological polar surface area (TPSA) is 30.5 Å². The first-order chi connectivity index (χ1) is 10.8. The van der Waals surface area contributed by atoms with Crippen LogP contribution in [-0.4, -0.2) is 13.7 Å². The van der Waals surface area contributed by atoms with Crippen LogP contribution in [0.3, 0.4) is 0 Å². The highest BCUT2D eigenvalue weighted by Gasteiger charge is 2.11. The predicted octanol–water partition coefficient (Wildman–Crippen LogP) is 3.69. The zero-order valence-electron chi connectivity index (χ0n) is 12.6. The van der Waals surface area contributed by atoms with E-state index in [1.54, 1.807) is 31.4 Å². The Morgan fingerprint density at radius 1 is 1.14 bits per heavy atom. The summed E-state index contributed by atoms with van der Waals surface area (Å²) in [7, 11) is 1.59. The molecule has 0 aromatic heterocycles. The van der Waals surface area contributed by atoms with Crippen molar-refractivity contribution in [3.05, 3.63) is 72.1 Å². The zero-order valence-corrected chi connectivity index (χ0v) is 12.6. The summed E-state index contributed by atoms with van der Waals surface area (Å²) < 4.78 is 24.9. The average molecular weight is 301 g/mol. The Morgan fingerprint density at radius 2 is 1.91 bits per heavy atom. The quantitative estimate of drug-likeness (QED) is 0.596. The van der Waals surface area contributed by atoms with E-state index in [0.717, 1.165) is 5.56 Å². The summed E-state index contributed by atoms with van der Waals surface area (Å²) in [5.41, 5.74) is 1.47. The summed E-state index contributed by atoms with van der Waals surface area (Å²) in [5.74, 6) is 0.989. The molecule has 22 heavy (non-hydrogen) atoms. The Balaban J connectivity index is 2.16. The van der Waals surface area contributed by atoms with Gasteiger partial charge in [-0.2, -0.15) is 0 Å². The predicted molar refractivity (Wildman–Crippen MR) is 85.6 cm³/mol. The van der Waals surface area contributed by atoms with Gasteiger partial charge in [-0.3, -0.25) is 0 Å². The molecule has 0 heterocycles. The van der Waals surface area contributed by atoms with Gasteiger partial charge in [-0.15, -0.1) is 6.58 Å². The van der Waals surface area contributed by atoms with Gasteiger partial charge in [-0.1, -0.05) is 36.4 Å². The number of para-hydroxylation sites is 1. The second-order valence-corrected chi connectivity index (χ2v) is 4.75. The highest BCUT2D eigenvalue weighted by molar-refractivity contribution is 5.46. The Kier molecular flexibility index (Phi) is 5.98.